The van der Waals surface area contributed by atoms with Gasteiger partial charge in [0.2, 0.25) is 11.7 Å². The molecule has 6 nitrogen and oxygen atoms in total. The Labute approximate surface area is 186 Å². The van der Waals surface area contributed by atoms with E-state index in [1.54, 1.807) is 19.2 Å². The molecule has 0 fully saturated rings. The third-order valence-corrected chi connectivity index (χ3v) is 5.00. The fraction of sp³-hybridized carbons (Fsp3) is 0.200. The molecule has 32 heavy (non-hydrogen) atoms. The number of nitrogens with zero attached hydrogens (tertiary/aromatic N) is 2. The van der Waals surface area contributed by atoms with Gasteiger partial charge in [-0.2, -0.15) is 4.98 Å². The molecule has 0 bridgehead atoms. The summed E-state index contributed by atoms with van der Waals surface area (Å²) >= 11 is 0. The van der Waals surface area contributed by atoms with E-state index in [0.29, 0.717) is 24.9 Å². The monoisotopic (exact) mass is 433 g/mol. The Morgan fingerprint density at radius 1 is 0.906 bits per heavy atom. The topological polar surface area (TPSA) is 69.4 Å². The molecule has 164 valence electrons. The van der Waals surface area contributed by atoms with Gasteiger partial charge in [0, 0.05) is 5.56 Å². The molecule has 0 saturated carbocycles. The zero-order valence-electron chi connectivity index (χ0n) is 17.9. The van der Waals surface area contributed by atoms with E-state index in [1.807, 2.05) is 55.5 Å². The second-order valence-corrected chi connectivity index (χ2v) is 7.11. The average Bonchev–Trinajstić information content (AvgIpc) is 3.30. The van der Waals surface area contributed by atoms with E-state index in [9.17, 15) is 4.39 Å². The molecule has 1 N–H and O–H groups in total. The van der Waals surface area contributed by atoms with E-state index in [2.05, 4.69) is 15.5 Å². The summed E-state index contributed by atoms with van der Waals surface area (Å²) in [5, 5.41) is 7.52. The predicted molar refractivity (Wildman–Crippen MR) is 119 cm³/mol. The molecule has 7 heteroatoms. The van der Waals surface area contributed by atoms with Crippen LogP contribution in [-0.2, 0) is 6.54 Å². The summed E-state index contributed by atoms with van der Waals surface area (Å²) in [6.45, 7) is 2.90. The van der Waals surface area contributed by atoms with E-state index < -0.39 is 0 Å². The van der Waals surface area contributed by atoms with Gasteiger partial charge in [-0.05, 0) is 66.6 Å². The number of halogens is 1. The number of nitrogens with one attached hydrogen (secondary N) is 1. The van der Waals surface area contributed by atoms with Crippen molar-refractivity contribution in [2.24, 2.45) is 0 Å². The van der Waals surface area contributed by atoms with Crippen molar-refractivity contribution >= 4 is 0 Å². The van der Waals surface area contributed by atoms with Crippen LogP contribution < -0.4 is 14.8 Å². The van der Waals surface area contributed by atoms with Crippen LogP contribution in [0.3, 0.4) is 0 Å². The molecule has 0 aliphatic rings. The molecule has 0 amide bonds. The van der Waals surface area contributed by atoms with Gasteiger partial charge >= 0.3 is 0 Å². The minimum atomic E-state index is -0.279. The van der Waals surface area contributed by atoms with E-state index in [4.69, 9.17) is 14.0 Å². The van der Waals surface area contributed by atoms with Crippen LogP contribution in [-0.4, -0.2) is 23.9 Å². The Kier molecular flexibility index (Phi) is 6.77. The van der Waals surface area contributed by atoms with Crippen LogP contribution in [0.4, 0.5) is 4.39 Å². The molecular formula is C25H24FN3O3. The van der Waals surface area contributed by atoms with Crippen molar-refractivity contribution in [3.63, 3.8) is 0 Å². The molecule has 1 aromatic heterocycles. The van der Waals surface area contributed by atoms with Crippen molar-refractivity contribution in [2.45, 2.75) is 19.5 Å². The lowest BCUT2D eigenvalue weighted by molar-refractivity contribution is 0.340. The number of aromatic nitrogens is 2. The maximum absolute atomic E-state index is 13.5. The summed E-state index contributed by atoms with van der Waals surface area (Å²) in [6, 6.07) is 21.5. The lowest BCUT2D eigenvalue weighted by Crippen LogP contribution is -2.22. The molecular weight excluding hydrogens is 409 g/mol. The minimum absolute atomic E-state index is 0.192. The molecule has 3 aromatic carbocycles. The first-order valence-electron chi connectivity index (χ1n) is 10.3. The van der Waals surface area contributed by atoms with Crippen molar-refractivity contribution in [3.05, 3.63) is 95.6 Å². The van der Waals surface area contributed by atoms with Crippen LogP contribution in [0, 0.1) is 5.82 Å². The third kappa shape index (κ3) is 5.12. The van der Waals surface area contributed by atoms with E-state index >= 15 is 0 Å². The second-order valence-electron chi connectivity index (χ2n) is 7.11. The normalized spacial score (nSPS) is 11.8. The first-order valence-corrected chi connectivity index (χ1v) is 10.3. The molecule has 4 aromatic rings. The van der Waals surface area contributed by atoms with Gasteiger partial charge in [-0.15, -0.1) is 0 Å². The molecule has 1 unspecified atom stereocenters. The van der Waals surface area contributed by atoms with Crippen molar-refractivity contribution < 1.29 is 18.4 Å². The summed E-state index contributed by atoms with van der Waals surface area (Å²) in [5.74, 6) is 2.24. The highest BCUT2D eigenvalue weighted by atomic mass is 19.1. The maximum Gasteiger partial charge on any atom is 0.240 e. The van der Waals surface area contributed by atoms with Crippen molar-refractivity contribution in [2.75, 3.05) is 13.7 Å². The SMILES string of the molecule is CCOc1ccc(-c2noc(CNC(c3ccc(F)cc3)c3ccc(OC)cc3)n2)cc1. The molecule has 4 rings (SSSR count). The Hall–Kier alpha value is -3.71. The molecule has 1 atom stereocenters. The van der Waals surface area contributed by atoms with Crippen LogP contribution in [0.2, 0.25) is 0 Å². The lowest BCUT2D eigenvalue weighted by Gasteiger charge is -2.19. The molecule has 1 heterocycles. The smallest absolute Gasteiger partial charge is 0.240 e. The quantitative estimate of drug-likeness (QED) is 0.393. The summed E-state index contributed by atoms with van der Waals surface area (Å²) in [7, 11) is 1.63. The summed E-state index contributed by atoms with van der Waals surface area (Å²) < 4.78 is 29.6. The summed E-state index contributed by atoms with van der Waals surface area (Å²) in [4.78, 5) is 4.50. The molecule has 0 saturated heterocycles. The van der Waals surface area contributed by atoms with Gasteiger partial charge in [-0.25, -0.2) is 4.39 Å². The predicted octanol–water partition coefficient (Wildman–Crippen LogP) is 5.16. The zero-order chi connectivity index (χ0) is 22.3. The zero-order valence-corrected chi connectivity index (χ0v) is 17.9. The Morgan fingerprint density at radius 2 is 1.53 bits per heavy atom. The van der Waals surface area contributed by atoms with Gasteiger partial charge in [-0.1, -0.05) is 29.4 Å². The highest BCUT2D eigenvalue weighted by molar-refractivity contribution is 5.55. The van der Waals surface area contributed by atoms with E-state index in [0.717, 1.165) is 28.2 Å². The fourth-order valence-corrected chi connectivity index (χ4v) is 3.38. The van der Waals surface area contributed by atoms with Gasteiger partial charge < -0.3 is 14.0 Å². The second kappa shape index (κ2) is 10.1. The molecule has 0 radical (unpaired) electrons. The number of hydrogen-bond acceptors (Lipinski definition) is 6. The van der Waals surface area contributed by atoms with E-state index in [1.165, 1.54) is 12.1 Å². The average molecular weight is 433 g/mol. The first-order chi connectivity index (χ1) is 15.7. The summed E-state index contributed by atoms with van der Waals surface area (Å²) in [6.07, 6.45) is 0. The Balaban J connectivity index is 1.51. The molecule has 0 aliphatic heterocycles. The number of rotatable bonds is 9. The van der Waals surface area contributed by atoms with Crippen LogP contribution in [0.1, 0.15) is 30.0 Å². The van der Waals surface area contributed by atoms with Gasteiger partial charge in [0.25, 0.3) is 0 Å². The standard InChI is InChI=1S/C25H24FN3O3/c1-3-31-22-14-8-19(9-15-22)25-28-23(32-29-25)16-27-24(17-4-10-20(26)11-5-17)18-6-12-21(30-2)13-7-18/h4-15,24,27H,3,16H2,1-2H3. The van der Waals surface area contributed by atoms with Gasteiger partial charge in [0.1, 0.15) is 17.3 Å². The number of ether oxygens (including phenoxy) is 2. The van der Waals surface area contributed by atoms with Gasteiger partial charge in [0.05, 0.1) is 26.3 Å². The molecule has 0 aliphatic carbocycles. The lowest BCUT2D eigenvalue weighted by atomic mass is 9.98. The van der Waals surface area contributed by atoms with Crippen LogP contribution in [0.25, 0.3) is 11.4 Å². The Bertz CT molecular complexity index is 1130. The maximum atomic E-state index is 13.5. The largest absolute Gasteiger partial charge is 0.497 e. The van der Waals surface area contributed by atoms with Gasteiger partial charge in [0.15, 0.2) is 0 Å². The van der Waals surface area contributed by atoms with Crippen molar-refractivity contribution in [3.8, 4) is 22.9 Å². The van der Waals surface area contributed by atoms with Crippen molar-refractivity contribution in [1.29, 1.82) is 0 Å². The third-order valence-electron chi connectivity index (χ3n) is 5.00. The van der Waals surface area contributed by atoms with Crippen LogP contribution >= 0.6 is 0 Å². The molecule has 0 spiro atoms. The Morgan fingerprint density at radius 3 is 2.16 bits per heavy atom. The van der Waals surface area contributed by atoms with Gasteiger partial charge in [-0.3, -0.25) is 5.32 Å². The number of benzene rings is 3. The number of hydrogen-bond donors (Lipinski definition) is 1. The fourth-order valence-electron chi connectivity index (χ4n) is 3.38. The number of methoxy groups -OCH3 is 1. The van der Waals surface area contributed by atoms with Crippen LogP contribution in [0.15, 0.2) is 77.3 Å². The highest BCUT2D eigenvalue weighted by Gasteiger charge is 2.16. The minimum Gasteiger partial charge on any atom is -0.497 e. The van der Waals surface area contributed by atoms with Crippen molar-refractivity contribution in [1.82, 2.24) is 15.5 Å². The van der Waals surface area contributed by atoms with Crippen LogP contribution in [0.5, 0.6) is 11.5 Å². The van der Waals surface area contributed by atoms with E-state index in [-0.39, 0.29) is 11.9 Å². The first kappa shape index (κ1) is 21.5. The highest BCUT2D eigenvalue weighted by Crippen LogP contribution is 2.25. The summed E-state index contributed by atoms with van der Waals surface area (Å²) in [5.41, 5.74) is 2.76.